The van der Waals surface area contributed by atoms with E-state index in [-0.39, 0.29) is 0 Å². The summed E-state index contributed by atoms with van der Waals surface area (Å²) in [5.74, 6) is 0.869. The Kier molecular flexibility index (Phi) is 4.45. The fourth-order valence-electron chi connectivity index (χ4n) is 3.23. The molecule has 2 aliphatic rings. The van der Waals surface area contributed by atoms with Crippen LogP contribution in [0.15, 0.2) is 24.4 Å². The van der Waals surface area contributed by atoms with Crippen LogP contribution >= 0.6 is 11.6 Å². The SMILES string of the molecule is Cc1cc(Cl)ccc1Nc1cnnc(N2CCC3(CC2)OCCO3)n1. The second kappa shape index (κ2) is 6.74. The zero-order valence-electron chi connectivity index (χ0n) is 14.0. The number of hydrogen-bond acceptors (Lipinski definition) is 7. The molecule has 2 fully saturated rings. The van der Waals surface area contributed by atoms with Crippen LogP contribution < -0.4 is 10.2 Å². The van der Waals surface area contributed by atoms with Crippen molar-refractivity contribution >= 4 is 29.1 Å². The predicted octanol–water partition coefficient (Wildman–Crippen LogP) is 2.92. The van der Waals surface area contributed by atoms with Crippen molar-refractivity contribution in [3.05, 3.63) is 35.0 Å². The lowest BCUT2D eigenvalue weighted by Gasteiger charge is -2.37. The van der Waals surface area contributed by atoms with Crippen molar-refractivity contribution < 1.29 is 9.47 Å². The molecule has 8 heteroatoms. The van der Waals surface area contributed by atoms with Gasteiger partial charge in [-0.1, -0.05) is 11.6 Å². The Balaban J connectivity index is 1.46. The maximum Gasteiger partial charge on any atom is 0.247 e. The number of ether oxygens (including phenoxy) is 2. The van der Waals surface area contributed by atoms with E-state index in [1.807, 2.05) is 25.1 Å². The molecule has 0 saturated carbocycles. The van der Waals surface area contributed by atoms with Crippen molar-refractivity contribution in [2.24, 2.45) is 0 Å². The highest BCUT2D eigenvalue weighted by molar-refractivity contribution is 6.30. The highest BCUT2D eigenvalue weighted by Crippen LogP contribution is 2.32. The van der Waals surface area contributed by atoms with E-state index >= 15 is 0 Å². The molecule has 0 bridgehead atoms. The van der Waals surface area contributed by atoms with Gasteiger partial charge in [-0.2, -0.15) is 10.1 Å². The molecule has 3 heterocycles. The van der Waals surface area contributed by atoms with Gasteiger partial charge >= 0.3 is 0 Å². The first-order valence-electron chi connectivity index (χ1n) is 8.39. The largest absolute Gasteiger partial charge is 0.347 e. The second-order valence-corrected chi connectivity index (χ2v) is 6.76. The number of nitrogens with one attached hydrogen (secondary N) is 1. The van der Waals surface area contributed by atoms with Gasteiger partial charge in [0, 0.05) is 36.6 Å². The fraction of sp³-hybridized carbons (Fsp3) is 0.471. The van der Waals surface area contributed by atoms with E-state index in [9.17, 15) is 0 Å². The average Bonchev–Trinajstić information content (AvgIpc) is 3.06. The lowest BCUT2D eigenvalue weighted by atomic mass is 10.0. The van der Waals surface area contributed by atoms with Gasteiger partial charge in [0.05, 0.1) is 19.4 Å². The third-order valence-corrected chi connectivity index (χ3v) is 4.86. The van der Waals surface area contributed by atoms with Gasteiger partial charge in [0.2, 0.25) is 5.95 Å². The average molecular weight is 362 g/mol. The molecule has 132 valence electrons. The standard InChI is InChI=1S/C17H20ClN5O2/c1-12-10-13(18)2-3-14(12)20-15-11-19-22-16(21-15)23-6-4-17(5-7-23)24-8-9-25-17/h2-3,10-11H,4-9H2,1H3,(H,20,21,22). The minimum atomic E-state index is -0.403. The number of halogens is 1. The van der Waals surface area contributed by atoms with E-state index in [1.165, 1.54) is 0 Å². The van der Waals surface area contributed by atoms with Crippen LogP contribution in [0.25, 0.3) is 0 Å². The maximum atomic E-state index is 6.01. The van der Waals surface area contributed by atoms with E-state index < -0.39 is 5.79 Å². The van der Waals surface area contributed by atoms with Gasteiger partial charge in [-0.25, -0.2) is 0 Å². The molecule has 0 aliphatic carbocycles. The molecule has 0 atom stereocenters. The summed E-state index contributed by atoms with van der Waals surface area (Å²) in [5, 5.41) is 12.3. The van der Waals surface area contributed by atoms with Crippen LogP contribution in [0.5, 0.6) is 0 Å². The number of piperidine rings is 1. The van der Waals surface area contributed by atoms with E-state index in [1.54, 1.807) is 6.20 Å². The molecule has 2 saturated heterocycles. The summed E-state index contributed by atoms with van der Waals surface area (Å²) in [4.78, 5) is 6.71. The molecule has 1 N–H and O–H groups in total. The quantitative estimate of drug-likeness (QED) is 0.901. The van der Waals surface area contributed by atoms with Crippen molar-refractivity contribution in [2.45, 2.75) is 25.6 Å². The summed E-state index contributed by atoms with van der Waals surface area (Å²) < 4.78 is 11.5. The summed E-state index contributed by atoms with van der Waals surface area (Å²) in [7, 11) is 0. The van der Waals surface area contributed by atoms with Crippen LogP contribution in [0.2, 0.25) is 5.02 Å². The molecule has 1 aromatic carbocycles. The van der Waals surface area contributed by atoms with Crippen molar-refractivity contribution in [1.82, 2.24) is 15.2 Å². The topological polar surface area (TPSA) is 72.4 Å². The number of anilines is 3. The van der Waals surface area contributed by atoms with Gasteiger partial charge in [0.1, 0.15) is 0 Å². The van der Waals surface area contributed by atoms with Gasteiger partial charge in [-0.15, -0.1) is 5.10 Å². The van der Waals surface area contributed by atoms with Gasteiger partial charge < -0.3 is 19.7 Å². The number of aryl methyl sites for hydroxylation is 1. The molecule has 0 amide bonds. The highest BCUT2D eigenvalue weighted by Gasteiger charge is 2.40. The van der Waals surface area contributed by atoms with Crippen molar-refractivity contribution in [2.75, 3.05) is 36.5 Å². The van der Waals surface area contributed by atoms with E-state index in [4.69, 9.17) is 21.1 Å². The van der Waals surface area contributed by atoms with Gasteiger partial charge in [-0.05, 0) is 30.7 Å². The molecule has 0 unspecified atom stereocenters. The molecule has 0 radical (unpaired) electrons. The molecular formula is C17H20ClN5O2. The third-order valence-electron chi connectivity index (χ3n) is 4.62. The lowest BCUT2D eigenvalue weighted by molar-refractivity contribution is -0.169. The van der Waals surface area contributed by atoms with Crippen LogP contribution in [-0.2, 0) is 9.47 Å². The summed E-state index contributed by atoms with van der Waals surface area (Å²) in [6.07, 6.45) is 3.24. The number of nitrogens with zero attached hydrogens (tertiary/aromatic N) is 4. The molecule has 1 aromatic heterocycles. The monoisotopic (exact) mass is 361 g/mol. The van der Waals surface area contributed by atoms with Crippen LogP contribution in [0, 0.1) is 6.92 Å². The predicted molar refractivity (Wildman–Crippen MR) is 95.4 cm³/mol. The van der Waals surface area contributed by atoms with E-state index in [0.717, 1.165) is 37.2 Å². The summed E-state index contributed by atoms with van der Waals surface area (Å²) >= 11 is 6.01. The Hall–Kier alpha value is -1.96. The van der Waals surface area contributed by atoms with E-state index in [2.05, 4.69) is 25.4 Å². The number of rotatable bonds is 3. The third kappa shape index (κ3) is 3.53. The minimum Gasteiger partial charge on any atom is -0.347 e. The maximum absolute atomic E-state index is 6.01. The number of hydrogen-bond donors (Lipinski definition) is 1. The Labute approximate surface area is 151 Å². The normalized spacial score (nSPS) is 19.4. The summed E-state index contributed by atoms with van der Waals surface area (Å²) in [6, 6.07) is 5.68. The molecule has 2 aromatic rings. The van der Waals surface area contributed by atoms with Gasteiger partial charge in [0.25, 0.3) is 0 Å². The fourth-order valence-corrected chi connectivity index (χ4v) is 3.45. The van der Waals surface area contributed by atoms with Crippen LogP contribution in [-0.4, -0.2) is 47.3 Å². The zero-order valence-corrected chi connectivity index (χ0v) is 14.8. The zero-order chi connectivity index (χ0) is 17.3. The molecule has 7 nitrogen and oxygen atoms in total. The van der Waals surface area contributed by atoms with Crippen LogP contribution in [0.3, 0.4) is 0 Å². The van der Waals surface area contributed by atoms with Crippen molar-refractivity contribution in [1.29, 1.82) is 0 Å². The Morgan fingerprint density at radius 3 is 2.68 bits per heavy atom. The molecule has 25 heavy (non-hydrogen) atoms. The number of benzene rings is 1. The van der Waals surface area contributed by atoms with E-state index in [0.29, 0.717) is 30.0 Å². The van der Waals surface area contributed by atoms with Crippen molar-refractivity contribution in [3.63, 3.8) is 0 Å². The van der Waals surface area contributed by atoms with Crippen molar-refractivity contribution in [3.8, 4) is 0 Å². The van der Waals surface area contributed by atoms with Crippen LogP contribution in [0.1, 0.15) is 18.4 Å². The molecule has 4 rings (SSSR count). The first-order chi connectivity index (χ1) is 12.1. The Morgan fingerprint density at radius 2 is 1.96 bits per heavy atom. The highest BCUT2D eigenvalue weighted by atomic mass is 35.5. The number of aromatic nitrogens is 3. The lowest BCUT2D eigenvalue weighted by Crippen LogP contribution is -2.45. The Morgan fingerprint density at radius 1 is 1.20 bits per heavy atom. The molecular weight excluding hydrogens is 342 g/mol. The van der Waals surface area contributed by atoms with Gasteiger partial charge in [-0.3, -0.25) is 0 Å². The minimum absolute atomic E-state index is 0.403. The van der Waals surface area contributed by atoms with Crippen LogP contribution in [0.4, 0.5) is 17.5 Å². The molecule has 1 spiro atoms. The first-order valence-corrected chi connectivity index (χ1v) is 8.77. The Bertz CT molecular complexity index is 756. The first kappa shape index (κ1) is 16.5. The summed E-state index contributed by atoms with van der Waals surface area (Å²) in [5.41, 5.74) is 1.99. The summed E-state index contributed by atoms with van der Waals surface area (Å²) in [6.45, 7) is 4.92. The smallest absolute Gasteiger partial charge is 0.247 e. The van der Waals surface area contributed by atoms with Gasteiger partial charge in [0.15, 0.2) is 11.6 Å². The second-order valence-electron chi connectivity index (χ2n) is 6.32. The molecule has 2 aliphatic heterocycles.